The van der Waals surface area contributed by atoms with Crippen LogP contribution in [0.25, 0.3) is 27.4 Å². The zero-order valence-electron chi connectivity index (χ0n) is 10.2. The van der Waals surface area contributed by atoms with Crippen LogP contribution in [0.2, 0.25) is 0 Å². The van der Waals surface area contributed by atoms with Gasteiger partial charge in [0.1, 0.15) is 11.3 Å². The van der Waals surface area contributed by atoms with Gasteiger partial charge < -0.3 is 10.2 Å². The summed E-state index contributed by atoms with van der Waals surface area (Å²) in [6.07, 6.45) is 1.70. The van der Waals surface area contributed by atoms with Gasteiger partial charge in [0.05, 0.1) is 5.69 Å². The Bertz CT molecular complexity index is 996. The molecule has 0 aliphatic carbocycles. The van der Waals surface area contributed by atoms with Crippen LogP contribution in [0.4, 0.5) is 5.69 Å². The second-order valence-electron chi connectivity index (χ2n) is 4.38. The van der Waals surface area contributed by atoms with Crippen LogP contribution in [-0.4, -0.2) is 9.38 Å². The number of benzene rings is 1. The Morgan fingerprint density at radius 2 is 2.15 bits per heavy atom. The largest absolute Gasteiger partial charge is 0.452 e. The van der Waals surface area contributed by atoms with E-state index in [0.717, 1.165) is 5.39 Å². The number of para-hydroxylation sites is 1. The van der Waals surface area contributed by atoms with E-state index in [9.17, 15) is 4.79 Å². The van der Waals surface area contributed by atoms with Gasteiger partial charge in [-0.25, -0.2) is 4.98 Å². The molecule has 2 N–H and O–H groups in total. The van der Waals surface area contributed by atoms with Crippen molar-refractivity contribution in [3.63, 3.8) is 0 Å². The summed E-state index contributed by atoms with van der Waals surface area (Å²) in [7, 11) is 0. The molecule has 1 aromatic carbocycles. The quantitative estimate of drug-likeness (QED) is 0.583. The van der Waals surface area contributed by atoms with E-state index in [1.54, 1.807) is 6.20 Å². The number of fused-ring (bicyclic) bond motifs is 2. The number of anilines is 1. The average Bonchev–Trinajstić information content (AvgIpc) is 3.04. The summed E-state index contributed by atoms with van der Waals surface area (Å²) in [6.45, 7) is 0. The molecule has 0 radical (unpaired) electrons. The SMILES string of the molecule is Nc1c(-c2cc(=O)n3ccsc3n2)oc2ccccc12. The third-order valence-corrected chi connectivity index (χ3v) is 3.93. The van der Waals surface area contributed by atoms with Gasteiger partial charge in [0.2, 0.25) is 0 Å². The maximum atomic E-state index is 12.0. The number of hydrogen-bond acceptors (Lipinski definition) is 5. The van der Waals surface area contributed by atoms with Gasteiger partial charge in [0.25, 0.3) is 5.56 Å². The van der Waals surface area contributed by atoms with Gasteiger partial charge in [0.15, 0.2) is 10.7 Å². The van der Waals surface area contributed by atoms with Crippen LogP contribution >= 0.6 is 11.3 Å². The normalized spacial score (nSPS) is 11.4. The zero-order chi connectivity index (χ0) is 13.7. The highest BCUT2D eigenvalue weighted by atomic mass is 32.1. The second kappa shape index (κ2) is 3.94. The minimum absolute atomic E-state index is 0.147. The van der Waals surface area contributed by atoms with E-state index in [-0.39, 0.29) is 5.56 Å². The maximum Gasteiger partial charge on any atom is 0.259 e. The van der Waals surface area contributed by atoms with Crippen LogP contribution in [0.5, 0.6) is 0 Å². The molecule has 0 unspecified atom stereocenters. The second-order valence-corrected chi connectivity index (χ2v) is 5.25. The number of aromatic nitrogens is 2. The minimum atomic E-state index is -0.147. The Morgan fingerprint density at radius 3 is 3.00 bits per heavy atom. The number of nitrogens with zero attached hydrogens (tertiary/aromatic N) is 2. The lowest BCUT2D eigenvalue weighted by Gasteiger charge is -1.98. The predicted octanol–water partition coefficient (Wildman–Crippen LogP) is 2.75. The standard InChI is InChI=1S/C14H9N3O2S/c15-12-8-3-1-2-4-10(8)19-13(12)9-7-11(18)17-5-6-20-14(17)16-9/h1-7H,15H2. The first kappa shape index (κ1) is 11.2. The third-order valence-electron chi connectivity index (χ3n) is 3.17. The molecule has 6 heteroatoms. The molecule has 3 heterocycles. The lowest BCUT2D eigenvalue weighted by atomic mass is 10.2. The van der Waals surface area contributed by atoms with Gasteiger partial charge in [-0.15, -0.1) is 11.3 Å². The van der Waals surface area contributed by atoms with Crippen molar-refractivity contribution in [1.82, 2.24) is 9.38 Å². The van der Waals surface area contributed by atoms with E-state index in [0.29, 0.717) is 27.7 Å². The summed E-state index contributed by atoms with van der Waals surface area (Å²) in [5, 5.41) is 2.64. The van der Waals surface area contributed by atoms with Gasteiger partial charge in [-0.3, -0.25) is 9.20 Å². The first-order valence-electron chi connectivity index (χ1n) is 5.98. The van der Waals surface area contributed by atoms with Crippen LogP contribution in [0.15, 0.2) is 51.1 Å². The van der Waals surface area contributed by atoms with Crippen molar-refractivity contribution < 1.29 is 4.42 Å². The van der Waals surface area contributed by atoms with Crippen LogP contribution < -0.4 is 11.3 Å². The molecule has 4 rings (SSSR count). The summed E-state index contributed by atoms with van der Waals surface area (Å²) < 4.78 is 7.23. The monoisotopic (exact) mass is 283 g/mol. The highest BCUT2D eigenvalue weighted by molar-refractivity contribution is 7.15. The van der Waals surface area contributed by atoms with Crippen molar-refractivity contribution in [3.8, 4) is 11.5 Å². The molecule has 0 spiro atoms. The minimum Gasteiger partial charge on any atom is -0.452 e. The average molecular weight is 283 g/mol. The molecule has 20 heavy (non-hydrogen) atoms. The van der Waals surface area contributed by atoms with E-state index in [1.165, 1.54) is 21.8 Å². The first-order chi connectivity index (χ1) is 9.74. The van der Waals surface area contributed by atoms with E-state index >= 15 is 0 Å². The molecule has 0 aliphatic heterocycles. The summed E-state index contributed by atoms with van der Waals surface area (Å²) >= 11 is 1.39. The van der Waals surface area contributed by atoms with Gasteiger partial charge in [-0.2, -0.15) is 0 Å². The van der Waals surface area contributed by atoms with Crippen LogP contribution in [0.3, 0.4) is 0 Å². The number of furan rings is 1. The third kappa shape index (κ3) is 1.48. The number of rotatable bonds is 1. The molecule has 0 fully saturated rings. The lowest BCUT2D eigenvalue weighted by Crippen LogP contribution is -2.11. The van der Waals surface area contributed by atoms with Crippen molar-refractivity contribution in [2.45, 2.75) is 0 Å². The van der Waals surface area contributed by atoms with Crippen molar-refractivity contribution in [1.29, 1.82) is 0 Å². The highest BCUT2D eigenvalue weighted by Crippen LogP contribution is 2.34. The highest BCUT2D eigenvalue weighted by Gasteiger charge is 2.15. The Morgan fingerprint density at radius 1 is 1.30 bits per heavy atom. The number of nitrogen functional groups attached to an aromatic ring is 1. The summed E-state index contributed by atoms with van der Waals surface area (Å²) in [4.78, 5) is 17.1. The Balaban J connectivity index is 2.05. The summed E-state index contributed by atoms with van der Waals surface area (Å²) in [6, 6.07) is 8.93. The van der Waals surface area contributed by atoms with Gasteiger partial charge in [-0.1, -0.05) is 12.1 Å². The van der Waals surface area contributed by atoms with Gasteiger partial charge in [0, 0.05) is 23.0 Å². The maximum absolute atomic E-state index is 12.0. The Labute approximate surface area is 116 Å². The molecular weight excluding hydrogens is 274 g/mol. The molecule has 0 saturated carbocycles. The smallest absolute Gasteiger partial charge is 0.259 e. The fraction of sp³-hybridized carbons (Fsp3) is 0. The summed E-state index contributed by atoms with van der Waals surface area (Å²) in [5.41, 5.74) is 7.61. The van der Waals surface area contributed by atoms with Crippen molar-refractivity contribution in [2.24, 2.45) is 0 Å². The molecule has 0 atom stereocenters. The molecular formula is C14H9N3O2S. The zero-order valence-corrected chi connectivity index (χ0v) is 11.1. The van der Waals surface area contributed by atoms with Crippen LogP contribution in [0, 0.1) is 0 Å². The van der Waals surface area contributed by atoms with Gasteiger partial charge in [-0.05, 0) is 12.1 Å². The van der Waals surface area contributed by atoms with Crippen molar-refractivity contribution in [3.05, 3.63) is 52.3 Å². The van der Waals surface area contributed by atoms with E-state index in [1.807, 2.05) is 29.6 Å². The first-order valence-corrected chi connectivity index (χ1v) is 6.86. The van der Waals surface area contributed by atoms with Gasteiger partial charge >= 0.3 is 0 Å². The van der Waals surface area contributed by atoms with Crippen LogP contribution in [0.1, 0.15) is 0 Å². The number of hydrogen-bond donors (Lipinski definition) is 1. The Kier molecular flexibility index (Phi) is 2.22. The molecule has 0 saturated heterocycles. The fourth-order valence-electron chi connectivity index (χ4n) is 2.21. The van der Waals surface area contributed by atoms with E-state index in [2.05, 4.69) is 4.98 Å². The number of nitrogens with two attached hydrogens (primary N) is 1. The van der Waals surface area contributed by atoms with Crippen molar-refractivity contribution >= 4 is 33.0 Å². The molecule has 0 bridgehead atoms. The van der Waals surface area contributed by atoms with Crippen molar-refractivity contribution in [2.75, 3.05) is 5.73 Å². The predicted molar refractivity (Wildman–Crippen MR) is 79.0 cm³/mol. The molecule has 4 aromatic rings. The fourth-order valence-corrected chi connectivity index (χ4v) is 2.93. The molecule has 98 valence electrons. The van der Waals surface area contributed by atoms with E-state index < -0.39 is 0 Å². The number of thiazole rings is 1. The molecule has 0 aliphatic rings. The van der Waals surface area contributed by atoms with Crippen LogP contribution in [-0.2, 0) is 0 Å². The molecule has 5 nitrogen and oxygen atoms in total. The molecule has 3 aromatic heterocycles. The lowest BCUT2D eigenvalue weighted by molar-refractivity contribution is 0.630. The molecule has 0 amide bonds. The Hall–Kier alpha value is -2.60. The van der Waals surface area contributed by atoms with E-state index in [4.69, 9.17) is 10.2 Å². The summed E-state index contributed by atoms with van der Waals surface area (Å²) in [5.74, 6) is 0.444. The topological polar surface area (TPSA) is 73.5 Å².